The van der Waals surface area contributed by atoms with Crippen LogP contribution in [-0.2, 0) is 4.74 Å². The quantitative estimate of drug-likeness (QED) is 0.256. The molecule has 5 heteroatoms. The number of nitrogens with two attached hydrogens (primary N) is 2. The summed E-state index contributed by atoms with van der Waals surface area (Å²) in [6.45, 7) is 0. The van der Waals surface area contributed by atoms with Crippen molar-refractivity contribution in [3.8, 4) is 0 Å². The molecule has 0 saturated carbocycles. The highest BCUT2D eigenvalue weighted by molar-refractivity contribution is 6.25. The van der Waals surface area contributed by atoms with Gasteiger partial charge in [0.15, 0.2) is 0 Å². The van der Waals surface area contributed by atoms with Gasteiger partial charge >= 0.3 is 6.09 Å². The first-order valence-corrected chi connectivity index (χ1v) is 7.67. The van der Waals surface area contributed by atoms with Crippen LogP contribution in [0.4, 0.5) is 4.79 Å². The monoisotopic (exact) mass is 331 g/mol. The topological polar surface area (TPSA) is 102 Å². The van der Waals surface area contributed by atoms with Crippen molar-refractivity contribution in [3.05, 3.63) is 72.8 Å². The molecule has 0 atom stereocenters. The first kappa shape index (κ1) is 16.3. The number of rotatable bonds is 0. The van der Waals surface area contributed by atoms with Gasteiger partial charge in [-0.3, -0.25) is 5.41 Å². The van der Waals surface area contributed by atoms with Crippen LogP contribution in [-0.4, -0.2) is 12.1 Å². The molecule has 0 spiro atoms. The average molecular weight is 331 g/mol. The second-order valence-electron chi connectivity index (χ2n) is 5.42. The molecule has 0 fully saturated rings. The fraction of sp³-hybridized carbons (Fsp3) is 0. The number of amidine groups is 1. The Morgan fingerprint density at radius 2 is 0.880 bits per heavy atom. The van der Waals surface area contributed by atoms with Crippen molar-refractivity contribution >= 4 is 44.4 Å². The molecule has 0 heterocycles. The van der Waals surface area contributed by atoms with E-state index in [0.717, 1.165) is 0 Å². The standard InChI is InChI=1S/C18H12.C2H5N3O2/c1-2-8-14-13(7-1)15-9-3-4-11-17(15)18-12-6-5-10-16(14)18;3-1(4)7-2(5)6/h1-12H;(H3,3,4)(H2,5,6). The molecule has 124 valence electrons. The fourth-order valence-electron chi connectivity index (χ4n) is 2.97. The highest BCUT2D eigenvalue weighted by Crippen LogP contribution is 2.34. The molecule has 0 aliphatic heterocycles. The van der Waals surface area contributed by atoms with Crippen LogP contribution in [0.5, 0.6) is 0 Å². The lowest BCUT2D eigenvalue weighted by molar-refractivity contribution is 0.207. The molecule has 0 bridgehead atoms. The molecule has 0 aliphatic carbocycles. The van der Waals surface area contributed by atoms with Crippen LogP contribution in [0, 0.1) is 5.41 Å². The highest BCUT2D eigenvalue weighted by Gasteiger charge is 2.06. The van der Waals surface area contributed by atoms with E-state index in [1.54, 1.807) is 0 Å². The number of nitrogens with one attached hydrogen (secondary N) is 1. The Morgan fingerprint density at radius 1 is 0.640 bits per heavy atom. The maximum atomic E-state index is 9.59. The van der Waals surface area contributed by atoms with Crippen LogP contribution < -0.4 is 11.5 Å². The van der Waals surface area contributed by atoms with Gasteiger partial charge in [0, 0.05) is 0 Å². The van der Waals surface area contributed by atoms with Gasteiger partial charge in [0.1, 0.15) is 0 Å². The number of benzene rings is 4. The van der Waals surface area contributed by atoms with Gasteiger partial charge in [-0.15, -0.1) is 0 Å². The lowest BCUT2D eigenvalue weighted by atomic mass is 9.95. The summed E-state index contributed by atoms with van der Waals surface area (Å²) in [4.78, 5) is 9.59. The molecule has 0 aliphatic rings. The molecule has 4 aromatic rings. The number of ether oxygens (including phenoxy) is 1. The Balaban J connectivity index is 0.000000225. The minimum atomic E-state index is -1.06. The van der Waals surface area contributed by atoms with Crippen LogP contribution in [0.1, 0.15) is 0 Å². The fourth-order valence-corrected chi connectivity index (χ4v) is 2.97. The molecule has 5 nitrogen and oxygen atoms in total. The first-order chi connectivity index (χ1) is 12.1. The van der Waals surface area contributed by atoms with E-state index in [4.69, 9.17) is 5.41 Å². The highest BCUT2D eigenvalue weighted by atomic mass is 16.6. The summed E-state index contributed by atoms with van der Waals surface area (Å²) in [6, 6.07) is 25.3. The third-order valence-electron chi connectivity index (χ3n) is 3.86. The second-order valence-corrected chi connectivity index (χ2v) is 5.42. The average Bonchev–Trinajstić information content (AvgIpc) is 2.61. The summed E-state index contributed by atoms with van der Waals surface area (Å²) in [5.41, 5.74) is 8.96. The van der Waals surface area contributed by atoms with Crippen LogP contribution in [0.3, 0.4) is 0 Å². The Bertz CT molecular complexity index is 857. The van der Waals surface area contributed by atoms with Gasteiger partial charge in [-0.2, -0.15) is 0 Å². The van der Waals surface area contributed by atoms with E-state index in [-0.39, 0.29) is 0 Å². The van der Waals surface area contributed by atoms with Crippen LogP contribution in [0.15, 0.2) is 72.8 Å². The molecule has 0 unspecified atom stereocenters. The lowest BCUT2D eigenvalue weighted by Crippen LogP contribution is -2.23. The zero-order valence-corrected chi connectivity index (χ0v) is 13.4. The van der Waals surface area contributed by atoms with Crippen LogP contribution >= 0.6 is 0 Å². The van der Waals surface area contributed by atoms with Crippen molar-refractivity contribution in [2.24, 2.45) is 11.5 Å². The van der Waals surface area contributed by atoms with E-state index >= 15 is 0 Å². The number of carbonyl (C=O) groups excluding carboxylic acids is 1. The van der Waals surface area contributed by atoms with Crippen molar-refractivity contribution in [3.63, 3.8) is 0 Å². The third-order valence-corrected chi connectivity index (χ3v) is 3.86. The summed E-state index contributed by atoms with van der Waals surface area (Å²) in [5, 5.41) is 14.3. The predicted molar refractivity (Wildman–Crippen MR) is 102 cm³/mol. The van der Waals surface area contributed by atoms with Crippen molar-refractivity contribution in [1.82, 2.24) is 0 Å². The zero-order valence-electron chi connectivity index (χ0n) is 13.4. The number of fused-ring (bicyclic) bond motifs is 6. The largest absolute Gasteiger partial charge is 0.412 e. The third kappa shape index (κ3) is 3.35. The molecule has 0 radical (unpaired) electrons. The molecule has 0 aromatic heterocycles. The van der Waals surface area contributed by atoms with Gasteiger partial charge in [0.25, 0.3) is 6.02 Å². The summed E-state index contributed by atoms with van der Waals surface area (Å²) in [7, 11) is 0. The normalized spacial score (nSPS) is 10.2. The van der Waals surface area contributed by atoms with E-state index in [9.17, 15) is 4.79 Å². The summed E-state index contributed by atoms with van der Waals surface area (Å²) >= 11 is 0. The molecule has 1 amide bonds. The van der Waals surface area contributed by atoms with Crippen LogP contribution in [0.25, 0.3) is 32.3 Å². The lowest BCUT2D eigenvalue weighted by Gasteiger charge is -2.09. The molecule has 25 heavy (non-hydrogen) atoms. The van der Waals surface area contributed by atoms with Crippen molar-refractivity contribution in [1.29, 1.82) is 5.41 Å². The Kier molecular flexibility index (Phi) is 4.48. The first-order valence-electron chi connectivity index (χ1n) is 7.67. The Labute approximate surface area is 144 Å². The number of primary amides is 1. The van der Waals surface area contributed by atoms with Crippen LogP contribution in [0.2, 0.25) is 0 Å². The molecular formula is C20H17N3O2. The summed E-state index contributed by atoms with van der Waals surface area (Å²) < 4.78 is 3.75. The number of amides is 1. The Morgan fingerprint density at radius 3 is 1.00 bits per heavy atom. The van der Waals surface area contributed by atoms with Crippen molar-refractivity contribution in [2.45, 2.75) is 0 Å². The van der Waals surface area contributed by atoms with Gasteiger partial charge in [-0.1, -0.05) is 72.8 Å². The van der Waals surface area contributed by atoms with Gasteiger partial charge in [-0.05, 0) is 32.3 Å². The van der Waals surface area contributed by atoms with E-state index in [1.165, 1.54) is 32.3 Å². The van der Waals surface area contributed by atoms with E-state index in [2.05, 4.69) is 89.0 Å². The van der Waals surface area contributed by atoms with Crippen molar-refractivity contribution in [2.75, 3.05) is 0 Å². The number of carbonyl (C=O) groups is 1. The van der Waals surface area contributed by atoms with Crippen molar-refractivity contribution < 1.29 is 9.53 Å². The Hall–Kier alpha value is -3.60. The van der Waals surface area contributed by atoms with Gasteiger partial charge in [0.2, 0.25) is 0 Å². The van der Waals surface area contributed by atoms with Gasteiger partial charge in [-0.25, -0.2) is 4.79 Å². The molecule has 5 N–H and O–H groups in total. The summed E-state index contributed by atoms with van der Waals surface area (Å²) in [5.74, 6) is 0. The minimum absolute atomic E-state index is 0.687. The van der Waals surface area contributed by atoms with E-state index in [0.29, 0.717) is 0 Å². The maximum Gasteiger partial charge on any atom is 0.412 e. The zero-order chi connectivity index (χ0) is 17.8. The maximum absolute atomic E-state index is 9.59. The molecule has 0 saturated heterocycles. The SMILES string of the molecule is N=C(N)OC(N)=O.c1ccc2c(c1)c1ccccc1c1ccccc21. The van der Waals surface area contributed by atoms with E-state index in [1.807, 2.05) is 0 Å². The molecule has 4 aromatic carbocycles. The number of hydrogen-bond donors (Lipinski definition) is 3. The second kappa shape index (κ2) is 6.88. The van der Waals surface area contributed by atoms with Gasteiger partial charge < -0.3 is 16.2 Å². The molecule has 4 rings (SSSR count). The summed E-state index contributed by atoms with van der Waals surface area (Å²) in [6.07, 6.45) is -1.06. The van der Waals surface area contributed by atoms with E-state index < -0.39 is 12.1 Å². The minimum Gasteiger partial charge on any atom is -0.377 e. The predicted octanol–water partition coefficient (Wildman–Crippen LogP) is 4.12. The smallest absolute Gasteiger partial charge is 0.377 e. The van der Waals surface area contributed by atoms with Gasteiger partial charge in [0.05, 0.1) is 0 Å². The number of hydrogen-bond acceptors (Lipinski definition) is 3. The molecular weight excluding hydrogens is 314 g/mol.